The molecule has 21 heavy (non-hydrogen) atoms. The van der Waals surface area contributed by atoms with Gasteiger partial charge in [-0.25, -0.2) is 9.18 Å². The van der Waals surface area contributed by atoms with Crippen LogP contribution in [0.15, 0.2) is 12.1 Å². The Kier molecular flexibility index (Phi) is 4.01. The summed E-state index contributed by atoms with van der Waals surface area (Å²) < 4.78 is 18.1. The van der Waals surface area contributed by atoms with Gasteiger partial charge >= 0.3 is 5.97 Å². The van der Waals surface area contributed by atoms with Gasteiger partial charge in [-0.2, -0.15) is 0 Å². The highest BCUT2D eigenvalue weighted by molar-refractivity contribution is 5.92. The molecule has 1 aliphatic rings. The van der Waals surface area contributed by atoms with E-state index in [0.29, 0.717) is 12.6 Å². The number of halogens is 1. The van der Waals surface area contributed by atoms with Crippen LogP contribution in [0.5, 0.6) is 0 Å². The molecule has 0 radical (unpaired) electrons. The maximum atomic E-state index is 13.7. The van der Waals surface area contributed by atoms with Crippen molar-refractivity contribution in [1.29, 1.82) is 0 Å². The van der Waals surface area contributed by atoms with E-state index in [9.17, 15) is 24.1 Å². The summed E-state index contributed by atoms with van der Waals surface area (Å²) in [6.07, 6.45) is 0.141. The normalized spacial score (nSPS) is 17.2. The lowest BCUT2D eigenvalue weighted by atomic mass is 10.1. The number of rotatable bonds is 4. The summed E-state index contributed by atoms with van der Waals surface area (Å²) in [5.41, 5.74) is -0.967. The SMILES string of the molecule is COC(=O)c1cc(NC2CNC(=O)C2)c([N+](=O)[O-])cc1F. The average molecular weight is 297 g/mol. The van der Waals surface area contributed by atoms with E-state index < -0.39 is 28.0 Å². The molecule has 1 aromatic carbocycles. The number of ether oxygens (including phenoxy) is 1. The first-order valence-electron chi connectivity index (χ1n) is 6.02. The minimum absolute atomic E-state index is 0.0386. The number of nitro groups is 1. The van der Waals surface area contributed by atoms with Crippen molar-refractivity contribution in [3.63, 3.8) is 0 Å². The third kappa shape index (κ3) is 3.07. The van der Waals surface area contributed by atoms with Gasteiger partial charge < -0.3 is 15.4 Å². The second kappa shape index (κ2) is 5.73. The summed E-state index contributed by atoms with van der Waals surface area (Å²) in [6.45, 7) is 0.293. The van der Waals surface area contributed by atoms with Gasteiger partial charge in [-0.15, -0.1) is 0 Å². The third-order valence-corrected chi connectivity index (χ3v) is 3.02. The van der Waals surface area contributed by atoms with Crippen molar-refractivity contribution < 1.29 is 23.6 Å². The zero-order valence-corrected chi connectivity index (χ0v) is 11.0. The summed E-state index contributed by atoms with van der Waals surface area (Å²) in [4.78, 5) is 32.7. The molecule has 1 fully saturated rings. The van der Waals surface area contributed by atoms with E-state index >= 15 is 0 Å². The number of benzene rings is 1. The van der Waals surface area contributed by atoms with Crippen molar-refractivity contribution in [1.82, 2.24) is 5.32 Å². The smallest absolute Gasteiger partial charge is 0.340 e. The van der Waals surface area contributed by atoms with E-state index in [1.807, 2.05) is 0 Å². The Hall–Kier alpha value is -2.71. The lowest BCUT2D eigenvalue weighted by molar-refractivity contribution is -0.384. The Morgan fingerprint density at radius 1 is 1.57 bits per heavy atom. The van der Waals surface area contributed by atoms with E-state index in [0.717, 1.165) is 13.2 Å². The molecule has 8 nitrogen and oxygen atoms in total. The lowest BCUT2D eigenvalue weighted by Gasteiger charge is -2.13. The molecule has 0 saturated carbocycles. The second-order valence-electron chi connectivity index (χ2n) is 4.45. The fourth-order valence-corrected chi connectivity index (χ4v) is 2.02. The number of amides is 1. The van der Waals surface area contributed by atoms with Gasteiger partial charge in [-0.1, -0.05) is 0 Å². The molecule has 0 bridgehead atoms. The van der Waals surface area contributed by atoms with Crippen LogP contribution in [-0.2, 0) is 9.53 Å². The first-order chi connectivity index (χ1) is 9.92. The van der Waals surface area contributed by atoms with Crippen LogP contribution < -0.4 is 10.6 Å². The van der Waals surface area contributed by atoms with Crippen LogP contribution in [0.25, 0.3) is 0 Å². The lowest BCUT2D eigenvalue weighted by Crippen LogP contribution is -2.23. The van der Waals surface area contributed by atoms with Gasteiger partial charge in [0.15, 0.2) is 0 Å². The topological polar surface area (TPSA) is 111 Å². The number of carbonyl (C=O) groups excluding carboxylic acids is 2. The molecule has 1 amide bonds. The highest BCUT2D eigenvalue weighted by atomic mass is 19.1. The van der Waals surface area contributed by atoms with Crippen molar-refractivity contribution in [3.05, 3.63) is 33.6 Å². The van der Waals surface area contributed by atoms with E-state index in [1.54, 1.807) is 0 Å². The monoisotopic (exact) mass is 297 g/mol. The van der Waals surface area contributed by atoms with Gasteiger partial charge in [-0.3, -0.25) is 14.9 Å². The van der Waals surface area contributed by atoms with Crippen molar-refractivity contribution in [3.8, 4) is 0 Å². The molecule has 0 spiro atoms. The van der Waals surface area contributed by atoms with Gasteiger partial charge in [0.25, 0.3) is 5.69 Å². The summed E-state index contributed by atoms with van der Waals surface area (Å²) in [7, 11) is 1.08. The van der Waals surface area contributed by atoms with E-state index in [4.69, 9.17) is 0 Å². The van der Waals surface area contributed by atoms with Crippen LogP contribution in [0.3, 0.4) is 0 Å². The minimum Gasteiger partial charge on any atom is -0.465 e. The Morgan fingerprint density at radius 2 is 2.29 bits per heavy atom. The molecule has 9 heteroatoms. The summed E-state index contributed by atoms with van der Waals surface area (Å²) >= 11 is 0. The number of carbonyl (C=O) groups is 2. The Labute approximate surface area is 118 Å². The third-order valence-electron chi connectivity index (χ3n) is 3.02. The highest BCUT2D eigenvalue weighted by Gasteiger charge is 2.27. The Morgan fingerprint density at radius 3 is 2.81 bits per heavy atom. The molecule has 1 aliphatic heterocycles. The van der Waals surface area contributed by atoms with Crippen LogP contribution in [0.2, 0.25) is 0 Å². The number of nitro benzene ring substituents is 1. The van der Waals surface area contributed by atoms with E-state index in [2.05, 4.69) is 15.4 Å². The number of methoxy groups -OCH3 is 1. The second-order valence-corrected chi connectivity index (χ2v) is 4.45. The first kappa shape index (κ1) is 14.7. The Bertz CT molecular complexity index is 619. The average Bonchev–Trinajstić information content (AvgIpc) is 2.84. The Balaban J connectivity index is 2.38. The van der Waals surface area contributed by atoms with Gasteiger partial charge in [0.05, 0.1) is 29.7 Å². The van der Waals surface area contributed by atoms with Crippen molar-refractivity contribution in [2.45, 2.75) is 12.5 Å². The highest BCUT2D eigenvalue weighted by Crippen LogP contribution is 2.29. The first-order valence-corrected chi connectivity index (χ1v) is 6.02. The maximum absolute atomic E-state index is 13.7. The molecule has 0 aliphatic carbocycles. The predicted molar refractivity (Wildman–Crippen MR) is 69.4 cm³/mol. The van der Waals surface area contributed by atoms with Crippen LogP contribution in [0.4, 0.5) is 15.8 Å². The minimum atomic E-state index is -1.04. The molecule has 1 heterocycles. The van der Waals surface area contributed by atoms with Crippen LogP contribution in [0, 0.1) is 15.9 Å². The summed E-state index contributed by atoms with van der Waals surface area (Å²) in [5.74, 6) is -2.17. The summed E-state index contributed by atoms with van der Waals surface area (Å²) in [6, 6.07) is 1.30. The van der Waals surface area contributed by atoms with Gasteiger partial charge in [0.1, 0.15) is 11.5 Å². The molecule has 2 rings (SSSR count). The zero-order chi connectivity index (χ0) is 15.6. The van der Waals surface area contributed by atoms with Crippen LogP contribution in [-0.4, -0.2) is 36.5 Å². The molecule has 1 atom stereocenters. The summed E-state index contributed by atoms with van der Waals surface area (Å²) in [5, 5.41) is 16.3. The van der Waals surface area contributed by atoms with Gasteiger partial charge in [0, 0.05) is 13.0 Å². The number of nitrogens with zero attached hydrogens (tertiary/aromatic N) is 1. The number of hydrogen-bond acceptors (Lipinski definition) is 6. The molecule has 1 saturated heterocycles. The number of nitrogens with one attached hydrogen (secondary N) is 2. The zero-order valence-electron chi connectivity index (χ0n) is 11.0. The maximum Gasteiger partial charge on any atom is 0.340 e. The largest absolute Gasteiger partial charge is 0.465 e. The molecule has 1 unspecified atom stereocenters. The quantitative estimate of drug-likeness (QED) is 0.483. The van der Waals surface area contributed by atoms with Gasteiger partial charge in [-0.05, 0) is 6.07 Å². The van der Waals surface area contributed by atoms with Crippen molar-refractivity contribution in [2.75, 3.05) is 19.0 Å². The molecule has 1 aromatic rings. The van der Waals surface area contributed by atoms with E-state index in [1.165, 1.54) is 0 Å². The predicted octanol–water partition coefficient (Wildman–Crippen LogP) is 0.821. The van der Waals surface area contributed by atoms with Crippen LogP contribution in [0.1, 0.15) is 16.8 Å². The van der Waals surface area contributed by atoms with Crippen LogP contribution >= 0.6 is 0 Å². The van der Waals surface area contributed by atoms with Crippen molar-refractivity contribution in [2.24, 2.45) is 0 Å². The van der Waals surface area contributed by atoms with Crippen molar-refractivity contribution >= 4 is 23.3 Å². The molecular formula is C12H12FN3O5. The molecule has 112 valence electrons. The standard InChI is InChI=1S/C12H12FN3O5/c1-21-12(18)7-3-9(10(16(19)20)4-8(7)13)15-6-2-11(17)14-5-6/h3-4,6,15H,2,5H2,1H3,(H,14,17). The van der Waals surface area contributed by atoms with E-state index in [-0.39, 0.29) is 24.1 Å². The number of esters is 1. The number of hydrogen-bond donors (Lipinski definition) is 2. The molecule has 0 aromatic heterocycles. The van der Waals surface area contributed by atoms with Gasteiger partial charge in [0.2, 0.25) is 5.91 Å². The molecular weight excluding hydrogens is 285 g/mol. The number of anilines is 1. The molecule has 2 N–H and O–H groups in total. The fraction of sp³-hybridized carbons (Fsp3) is 0.333. The fourth-order valence-electron chi connectivity index (χ4n) is 2.02.